The summed E-state index contributed by atoms with van der Waals surface area (Å²) in [6.45, 7) is 0.825. The summed E-state index contributed by atoms with van der Waals surface area (Å²) >= 11 is 0. The van der Waals surface area contributed by atoms with Gasteiger partial charge in [-0.3, -0.25) is 0 Å². The van der Waals surface area contributed by atoms with Gasteiger partial charge in [-0.1, -0.05) is 30.3 Å². The average molecular weight is 285 g/mol. The van der Waals surface area contributed by atoms with Crippen LogP contribution in [0.3, 0.4) is 0 Å². The van der Waals surface area contributed by atoms with E-state index in [-0.39, 0.29) is 5.82 Å². The summed E-state index contributed by atoms with van der Waals surface area (Å²) in [5, 5.41) is 3.53. The first kappa shape index (κ1) is 14.1. The summed E-state index contributed by atoms with van der Waals surface area (Å²) in [7, 11) is 1.68. The second-order valence-electron chi connectivity index (χ2n) is 5.62. The summed E-state index contributed by atoms with van der Waals surface area (Å²) < 4.78 is 18.9. The number of hydrogen-bond acceptors (Lipinski definition) is 2. The van der Waals surface area contributed by atoms with E-state index >= 15 is 0 Å². The Balaban J connectivity index is 1.50. The standard InChI is InChI=1S/C18H20FNO/c1-21-16-6-4-5-13(9-16)12-20-15-10-14(11-15)17-7-2-3-8-18(17)19/h2-9,14-15,20H,10-12H2,1H3. The van der Waals surface area contributed by atoms with Gasteiger partial charge in [0.1, 0.15) is 11.6 Å². The molecule has 0 aliphatic heterocycles. The smallest absolute Gasteiger partial charge is 0.126 e. The van der Waals surface area contributed by atoms with Gasteiger partial charge in [-0.05, 0) is 48.1 Å². The van der Waals surface area contributed by atoms with Crippen LogP contribution >= 0.6 is 0 Å². The topological polar surface area (TPSA) is 21.3 Å². The highest BCUT2D eigenvalue weighted by Crippen LogP contribution is 2.38. The molecule has 1 saturated carbocycles. The first-order valence-electron chi connectivity index (χ1n) is 7.37. The van der Waals surface area contributed by atoms with Crippen molar-refractivity contribution in [2.24, 2.45) is 0 Å². The summed E-state index contributed by atoms with van der Waals surface area (Å²) in [6, 6.07) is 15.7. The van der Waals surface area contributed by atoms with Gasteiger partial charge in [-0.25, -0.2) is 4.39 Å². The molecular weight excluding hydrogens is 265 g/mol. The van der Waals surface area contributed by atoms with Crippen molar-refractivity contribution in [1.82, 2.24) is 5.32 Å². The molecule has 0 saturated heterocycles. The van der Waals surface area contributed by atoms with Crippen LogP contribution in [0.25, 0.3) is 0 Å². The highest BCUT2D eigenvalue weighted by Gasteiger charge is 2.31. The number of rotatable bonds is 5. The van der Waals surface area contributed by atoms with Crippen molar-refractivity contribution in [3.8, 4) is 5.75 Å². The van der Waals surface area contributed by atoms with Crippen LogP contribution < -0.4 is 10.1 Å². The van der Waals surface area contributed by atoms with E-state index in [2.05, 4.69) is 11.4 Å². The van der Waals surface area contributed by atoms with Crippen molar-refractivity contribution in [3.05, 3.63) is 65.5 Å². The van der Waals surface area contributed by atoms with Crippen LogP contribution in [0.4, 0.5) is 4.39 Å². The fraction of sp³-hybridized carbons (Fsp3) is 0.333. The van der Waals surface area contributed by atoms with E-state index in [1.165, 1.54) is 5.56 Å². The van der Waals surface area contributed by atoms with Gasteiger partial charge in [-0.15, -0.1) is 0 Å². The Hall–Kier alpha value is -1.87. The number of ether oxygens (including phenoxy) is 1. The van der Waals surface area contributed by atoms with Crippen molar-refractivity contribution in [2.75, 3.05) is 7.11 Å². The lowest BCUT2D eigenvalue weighted by Crippen LogP contribution is -2.39. The van der Waals surface area contributed by atoms with Gasteiger partial charge in [0.15, 0.2) is 0 Å². The normalized spacial score (nSPS) is 20.9. The zero-order valence-corrected chi connectivity index (χ0v) is 12.2. The number of methoxy groups -OCH3 is 1. The summed E-state index contributed by atoms with van der Waals surface area (Å²) in [6.07, 6.45) is 2.01. The molecular formula is C18H20FNO. The Morgan fingerprint density at radius 3 is 2.71 bits per heavy atom. The van der Waals surface area contributed by atoms with Crippen molar-refractivity contribution in [1.29, 1.82) is 0 Å². The molecule has 2 aromatic rings. The van der Waals surface area contributed by atoms with Crippen LogP contribution in [-0.4, -0.2) is 13.2 Å². The van der Waals surface area contributed by atoms with Crippen LogP contribution in [0.1, 0.15) is 29.9 Å². The number of benzene rings is 2. The maximum atomic E-state index is 13.7. The lowest BCUT2D eigenvalue weighted by atomic mass is 9.75. The third-order valence-electron chi connectivity index (χ3n) is 4.21. The van der Waals surface area contributed by atoms with E-state index in [1.807, 2.05) is 30.3 Å². The van der Waals surface area contributed by atoms with Crippen LogP contribution in [0.5, 0.6) is 5.75 Å². The predicted octanol–water partition coefficient (Wildman–Crippen LogP) is 3.87. The van der Waals surface area contributed by atoms with Crippen LogP contribution in [0.2, 0.25) is 0 Å². The average Bonchev–Trinajstić information content (AvgIpc) is 2.47. The quantitative estimate of drug-likeness (QED) is 0.900. The molecule has 0 spiro atoms. The van der Waals surface area contributed by atoms with E-state index in [9.17, 15) is 4.39 Å². The molecule has 0 aromatic heterocycles. The molecule has 0 amide bonds. The lowest BCUT2D eigenvalue weighted by molar-refractivity contribution is 0.284. The number of hydrogen-bond donors (Lipinski definition) is 1. The summed E-state index contributed by atoms with van der Waals surface area (Å²) in [5.74, 6) is 1.16. The second kappa shape index (κ2) is 6.27. The Labute approximate surface area is 125 Å². The van der Waals surface area contributed by atoms with Gasteiger partial charge in [-0.2, -0.15) is 0 Å². The Morgan fingerprint density at radius 2 is 1.95 bits per heavy atom. The SMILES string of the molecule is COc1cccc(CNC2CC(c3ccccc3F)C2)c1. The summed E-state index contributed by atoms with van der Waals surface area (Å²) in [4.78, 5) is 0. The Morgan fingerprint density at radius 1 is 1.14 bits per heavy atom. The summed E-state index contributed by atoms with van der Waals surface area (Å²) in [5.41, 5.74) is 2.07. The van der Waals surface area contributed by atoms with Crippen molar-refractivity contribution < 1.29 is 9.13 Å². The molecule has 3 rings (SSSR count). The van der Waals surface area contributed by atoms with E-state index in [0.717, 1.165) is 30.7 Å². The van der Waals surface area contributed by atoms with Gasteiger partial charge in [0.2, 0.25) is 0 Å². The lowest BCUT2D eigenvalue weighted by Gasteiger charge is -2.36. The molecule has 0 unspecified atom stereocenters. The van der Waals surface area contributed by atoms with Crippen LogP contribution in [0, 0.1) is 5.82 Å². The third-order valence-corrected chi connectivity index (χ3v) is 4.21. The number of nitrogens with one attached hydrogen (secondary N) is 1. The van der Waals surface area contributed by atoms with E-state index in [1.54, 1.807) is 19.2 Å². The first-order chi connectivity index (χ1) is 10.3. The molecule has 0 bridgehead atoms. The molecule has 0 atom stereocenters. The molecule has 2 nitrogen and oxygen atoms in total. The fourth-order valence-electron chi connectivity index (χ4n) is 2.89. The van der Waals surface area contributed by atoms with E-state index in [4.69, 9.17) is 4.74 Å². The largest absolute Gasteiger partial charge is 0.497 e. The van der Waals surface area contributed by atoms with Crippen molar-refractivity contribution in [3.63, 3.8) is 0 Å². The zero-order valence-electron chi connectivity index (χ0n) is 12.2. The van der Waals surface area contributed by atoms with Crippen LogP contribution in [-0.2, 0) is 6.54 Å². The molecule has 0 heterocycles. The molecule has 2 aromatic carbocycles. The van der Waals surface area contributed by atoms with E-state index < -0.39 is 0 Å². The monoisotopic (exact) mass is 285 g/mol. The van der Waals surface area contributed by atoms with E-state index in [0.29, 0.717) is 12.0 Å². The maximum Gasteiger partial charge on any atom is 0.126 e. The van der Waals surface area contributed by atoms with Crippen molar-refractivity contribution >= 4 is 0 Å². The Kier molecular flexibility index (Phi) is 4.20. The molecule has 1 N–H and O–H groups in total. The fourth-order valence-corrected chi connectivity index (χ4v) is 2.89. The number of halogens is 1. The third kappa shape index (κ3) is 3.24. The molecule has 110 valence electrons. The van der Waals surface area contributed by atoms with Gasteiger partial charge in [0.25, 0.3) is 0 Å². The maximum absolute atomic E-state index is 13.7. The zero-order chi connectivity index (χ0) is 14.7. The van der Waals surface area contributed by atoms with Crippen LogP contribution in [0.15, 0.2) is 48.5 Å². The van der Waals surface area contributed by atoms with Gasteiger partial charge < -0.3 is 10.1 Å². The highest BCUT2D eigenvalue weighted by molar-refractivity contribution is 5.29. The van der Waals surface area contributed by atoms with Gasteiger partial charge in [0, 0.05) is 12.6 Å². The van der Waals surface area contributed by atoms with Gasteiger partial charge in [0.05, 0.1) is 7.11 Å². The minimum atomic E-state index is -0.0752. The molecule has 1 aliphatic rings. The predicted molar refractivity (Wildman–Crippen MR) is 82.0 cm³/mol. The molecule has 0 radical (unpaired) electrons. The first-order valence-corrected chi connectivity index (χ1v) is 7.37. The van der Waals surface area contributed by atoms with Gasteiger partial charge >= 0.3 is 0 Å². The molecule has 1 fully saturated rings. The highest BCUT2D eigenvalue weighted by atomic mass is 19.1. The molecule has 3 heteroatoms. The minimum Gasteiger partial charge on any atom is -0.497 e. The Bertz CT molecular complexity index is 608. The van der Waals surface area contributed by atoms with Crippen molar-refractivity contribution in [2.45, 2.75) is 31.3 Å². The minimum absolute atomic E-state index is 0.0752. The molecule has 21 heavy (non-hydrogen) atoms. The second-order valence-corrected chi connectivity index (χ2v) is 5.62. The molecule has 1 aliphatic carbocycles.